The van der Waals surface area contributed by atoms with E-state index in [0.717, 1.165) is 23.5 Å². The van der Waals surface area contributed by atoms with E-state index >= 15 is 0 Å². The molecule has 2 N–H and O–H groups in total. The number of halogens is 1. The van der Waals surface area contributed by atoms with Crippen LogP contribution in [0.2, 0.25) is 5.15 Å². The minimum Gasteiger partial charge on any atom is -0.494 e. The normalized spacial score (nSPS) is 18.1. The van der Waals surface area contributed by atoms with Crippen molar-refractivity contribution in [2.75, 3.05) is 12.4 Å². The smallest absolute Gasteiger partial charge is 0.296 e. The summed E-state index contributed by atoms with van der Waals surface area (Å²) in [4.78, 5) is 21.3. The first-order valence-electron chi connectivity index (χ1n) is 9.59. The fourth-order valence-corrected chi connectivity index (χ4v) is 4.21. The number of hydrogen-bond acceptors (Lipinski definition) is 9. The number of pyridine rings is 2. The summed E-state index contributed by atoms with van der Waals surface area (Å²) >= 11 is 7.20. The van der Waals surface area contributed by atoms with Crippen LogP contribution in [-0.4, -0.2) is 50.5 Å². The van der Waals surface area contributed by atoms with Gasteiger partial charge in [-0.3, -0.25) is 15.1 Å². The molecular formula is C20H20ClN5O4S. The maximum Gasteiger partial charge on any atom is 0.296 e. The lowest BCUT2D eigenvalue weighted by Crippen LogP contribution is -2.14. The van der Waals surface area contributed by atoms with Gasteiger partial charge in [0.15, 0.2) is 0 Å². The molecule has 162 valence electrons. The number of aliphatic hydroxyl groups is 1. The maximum absolute atomic E-state index is 13.0. The van der Waals surface area contributed by atoms with Crippen LogP contribution in [0, 0.1) is 6.92 Å². The number of carbonyl (C=O) groups is 1. The van der Waals surface area contributed by atoms with Gasteiger partial charge in [0.1, 0.15) is 17.0 Å². The molecule has 1 amide bonds. The minimum atomic E-state index is -0.406. The summed E-state index contributed by atoms with van der Waals surface area (Å²) in [6, 6.07) is 3.42. The lowest BCUT2D eigenvalue weighted by molar-refractivity contribution is 0.102. The fourth-order valence-electron chi connectivity index (χ4n) is 3.39. The summed E-state index contributed by atoms with van der Waals surface area (Å²) in [5, 5.41) is 21.2. The second kappa shape index (κ2) is 9.13. The van der Waals surface area contributed by atoms with Crippen molar-refractivity contribution >= 4 is 34.0 Å². The van der Waals surface area contributed by atoms with E-state index in [4.69, 9.17) is 21.1 Å². The van der Waals surface area contributed by atoms with Crippen molar-refractivity contribution in [3.63, 3.8) is 0 Å². The topological polar surface area (TPSA) is 119 Å². The molecule has 2 atom stereocenters. The molecule has 0 spiro atoms. The van der Waals surface area contributed by atoms with Crippen LogP contribution < -0.4 is 14.8 Å². The van der Waals surface area contributed by atoms with Crippen molar-refractivity contribution in [1.29, 1.82) is 0 Å². The number of aryl methyl sites for hydroxylation is 1. The lowest BCUT2D eigenvalue weighted by atomic mass is 10.0. The van der Waals surface area contributed by atoms with E-state index in [-0.39, 0.29) is 17.4 Å². The quantitative estimate of drug-likeness (QED) is 0.535. The van der Waals surface area contributed by atoms with Crippen molar-refractivity contribution in [3.8, 4) is 22.1 Å². The second-order valence-electron chi connectivity index (χ2n) is 7.11. The lowest BCUT2D eigenvalue weighted by Gasteiger charge is -2.13. The molecule has 0 saturated heterocycles. The molecule has 11 heteroatoms. The Morgan fingerprint density at radius 1 is 1.23 bits per heavy atom. The molecule has 3 heterocycles. The van der Waals surface area contributed by atoms with Crippen LogP contribution in [0.25, 0.3) is 11.1 Å². The molecule has 1 aliphatic rings. The first-order valence-corrected chi connectivity index (χ1v) is 10.8. The van der Waals surface area contributed by atoms with Crippen LogP contribution in [0.5, 0.6) is 10.9 Å². The second-order valence-corrected chi connectivity index (χ2v) is 8.44. The molecule has 3 aromatic heterocycles. The van der Waals surface area contributed by atoms with E-state index in [9.17, 15) is 9.90 Å². The average molecular weight is 462 g/mol. The van der Waals surface area contributed by atoms with Crippen LogP contribution in [0.3, 0.4) is 0 Å². The Morgan fingerprint density at radius 2 is 2.06 bits per heavy atom. The zero-order chi connectivity index (χ0) is 22.0. The Balaban J connectivity index is 1.57. The molecule has 31 heavy (non-hydrogen) atoms. The fraction of sp³-hybridized carbons (Fsp3) is 0.350. The molecule has 0 aliphatic heterocycles. The van der Waals surface area contributed by atoms with Gasteiger partial charge in [-0.2, -0.15) is 0 Å². The van der Waals surface area contributed by atoms with Crippen molar-refractivity contribution < 1.29 is 19.4 Å². The van der Waals surface area contributed by atoms with E-state index in [1.165, 1.54) is 19.5 Å². The van der Waals surface area contributed by atoms with Crippen LogP contribution in [-0.2, 0) is 0 Å². The van der Waals surface area contributed by atoms with Crippen LogP contribution in [0.15, 0.2) is 24.5 Å². The predicted octanol–water partition coefficient (Wildman–Crippen LogP) is 3.51. The minimum absolute atomic E-state index is 0.0942. The molecule has 3 aromatic rings. The van der Waals surface area contributed by atoms with Gasteiger partial charge in [-0.25, -0.2) is 4.98 Å². The summed E-state index contributed by atoms with van der Waals surface area (Å²) in [5.74, 6) is 0.0749. The third-order valence-electron chi connectivity index (χ3n) is 4.88. The first kappa shape index (κ1) is 21.4. The molecule has 9 nitrogen and oxygen atoms in total. The number of carbonyl (C=O) groups excluding carboxylic acids is 1. The number of rotatable bonds is 6. The first-order chi connectivity index (χ1) is 14.9. The Bertz CT molecular complexity index is 1110. The monoisotopic (exact) mass is 461 g/mol. The van der Waals surface area contributed by atoms with Gasteiger partial charge in [-0.1, -0.05) is 16.7 Å². The number of amides is 1. The highest BCUT2D eigenvalue weighted by Crippen LogP contribution is 2.34. The van der Waals surface area contributed by atoms with Crippen LogP contribution in [0.4, 0.5) is 5.13 Å². The van der Waals surface area contributed by atoms with E-state index in [1.54, 1.807) is 12.1 Å². The molecule has 1 aliphatic carbocycles. The van der Waals surface area contributed by atoms with E-state index in [2.05, 4.69) is 25.5 Å². The van der Waals surface area contributed by atoms with Gasteiger partial charge >= 0.3 is 0 Å². The van der Waals surface area contributed by atoms with Crippen molar-refractivity contribution in [1.82, 2.24) is 20.2 Å². The largest absolute Gasteiger partial charge is 0.494 e. The number of hydrogen-bond donors (Lipinski definition) is 2. The van der Waals surface area contributed by atoms with Crippen molar-refractivity contribution in [3.05, 3.63) is 40.9 Å². The van der Waals surface area contributed by atoms with Gasteiger partial charge in [0.25, 0.3) is 11.1 Å². The predicted molar refractivity (Wildman–Crippen MR) is 116 cm³/mol. The molecule has 1 fully saturated rings. The van der Waals surface area contributed by atoms with E-state index < -0.39 is 5.91 Å². The van der Waals surface area contributed by atoms with Gasteiger partial charge in [0.2, 0.25) is 5.13 Å². The van der Waals surface area contributed by atoms with Gasteiger partial charge in [-0.15, -0.1) is 5.10 Å². The number of nitrogens with one attached hydrogen (secondary N) is 1. The SMILES string of the molecule is COc1cnc(Cl)cc1-c1cc(C)ncc1C(=O)Nc1nnc(O[C@@H]2CC[C@H](O)C2)s1. The van der Waals surface area contributed by atoms with Gasteiger partial charge in [-0.05, 0) is 43.2 Å². The highest BCUT2D eigenvalue weighted by molar-refractivity contribution is 7.17. The van der Waals surface area contributed by atoms with Gasteiger partial charge < -0.3 is 14.6 Å². The Hall–Kier alpha value is -2.82. The molecule has 4 rings (SSSR count). The maximum atomic E-state index is 13.0. The molecule has 0 bridgehead atoms. The van der Waals surface area contributed by atoms with E-state index in [0.29, 0.717) is 45.6 Å². The zero-order valence-electron chi connectivity index (χ0n) is 16.8. The van der Waals surface area contributed by atoms with Crippen LogP contribution >= 0.6 is 22.9 Å². The van der Waals surface area contributed by atoms with Gasteiger partial charge in [0, 0.05) is 29.4 Å². The number of aliphatic hydroxyl groups excluding tert-OH is 1. The standard InChI is InChI=1S/C20H20ClN5O4S/c1-10-5-13(14-7-17(21)23-9-16(14)29-2)15(8-22-10)18(28)24-19-25-26-20(31-19)30-12-4-3-11(27)6-12/h5,7-9,11-12,27H,3-4,6H2,1-2H3,(H,24,25,28)/t11-,12+/m0/s1. The number of anilines is 1. The zero-order valence-corrected chi connectivity index (χ0v) is 18.4. The molecule has 0 radical (unpaired) electrons. The Morgan fingerprint density at radius 3 is 2.81 bits per heavy atom. The summed E-state index contributed by atoms with van der Waals surface area (Å²) in [6.45, 7) is 1.83. The highest BCUT2D eigenvalue weighted by Gasteiger charge is 2.26. The molecule has 1 saturated carbocycles. The Kier molecular flexibility index (Phi) is 6.30. The van der Waals surface area contributed by atoms with Crippen LogP contribution in [0.1, 0.15) is 35.3 Å². The summed E-state index contributed by atoms with van der Waals surface area (Å²) in [6.07, 6.45) is 4.59. The number of methoxy groups -OCH3 is 1. The summed E-state index contributed by atoms with van der Waals surface area (Å²) in [7, 11) is 1.52. The number of aromatic nitrogens is 4. The molecule has 0 unspecified atom stereocenters. The van der Waals surface area contributed by atoms with Crippen molar-refractivity contribution in [2.24, 2.45) is 0 Å². The van der Waals surface area contributed by atoms with E-state index in [1.807, 2.05) is 6.92 Å². The molecular weight excluding hydrogens is 442 g/mol. The average Bonchev–Trinajstić information content (AvgIpc) is 3.36. The number of ether oxygens (including phenoxy) is 2. The van der Waals surface area contributed by atoms with Gasteiger partial charge in [0.05, 0.1) is 25.0 Å². The summed E-state index contributed by atoms with van der Waals surface area (Å²) < 4.78 is 11.1. The molecule has 0 aromatic carbocycles. The third-order valence-corrected chi connectivity index (χ3v) is 5.82. The number of nitrogens with zero attached hydrogens (tertiary/aromatic N) is 4. The third kappa shape index (κ3) is 4.92. The summed E-state index contributed by atoms with van der Waals surface area (Å²) in [5.41, 5.74) is 2.28. The van der Waals surface area contributed by atoms with Crippen molar-refractivity contribution in [2.45, 2.75) is 38.4 Å². The highest BCUT2D eigenvalue weighted by atomic mass is 35.5. The Labute approximate surface area is 187 Å².